The molecule has 0 spiro atoms. The van der Waals surface area contributed by atoms with Crippen LogP contribution in [0.4, 0.5) is 4.79 Å². The van der Waals surface area contributed by atoms with E-state index in [1.165, 1.54) is 6.07 Å². The van der Waals surface area contributed by atoms with Crippen LogP contribution in [0.1, 0.15) is 22.0 Å². The van der Waals surface area contributed by atoms with Crippen LogP contribution in [-0.4, -0.2) is 23.7 Å². The molecule has 0 saturated carbocycles. The highest BCUT2D eigenvalue weighted by molar-refractivity contribution is 5.89. The van der Waals surface area contributed by atoms with E-state index in [-0.39, 0.29) is 5.56 Å². The number of carboxylic acids is 1. The normalized spacial score (nSPS) is 19.5. The maximum Gasteiger partial charge on any atom is 0.407 e. The number of hydrogen-bond donors (Lipinski definition) is 2. The van der Waals surface area contributed by atoms with Crippen LogP contribution in [0.2, 0.25) is 0 Å². The zero-order valence-corrected chi connectivity index (χ0v) is 7.77. The van der Waals surface area contributed by atoms with Gasteiger partial charge in [0.1, 0.15) is 6.10 Å². The summed E-state index contributed by atoms with van der Waals surface area (Å²) in [5.41, 5.74) is 0.683. The van der Waals surface area contributed by atoms with Crippen molar-refractivity contribution in [3.63, 3.8) is 0 Å². The molecule has 0 aromatic heterocycles. The van der Waals surface area contributed by atoms with Gasteiger partial charge in [-0.3, -0.25) is 0 Å². The summed E-state index contributed by atoms with van der Waals surface area (Å²) in [4.78, 5) is 21.7. The van der Waals surface area contributed by atoms with Gasteiger partial charge in [-0.1, -0.05) is 18.2 Å². The summed E-state index contributed by atoms with van der Waals surface area (Å²) in [6.07, 6.45) is -1.02. The third kappa shape index (κ3) is 1.76. The molecule has 0 radical (unpaired) electrons. The minimum Gasteiger partial charge on any atom is -0.478 e. The molecule has 0 bridgehead atoms. The molecule has 1 aliphatic heterocycles. The van der Waals surface area contributed by atoms with Gasteiger partial charge in [0, 0.05) is 5.56 Å². The summed E-state index contributed by atoms with van der Waals surface area (Å²) < 4.78 is 4.92. The summed E-state index contributed by atoms with van der Waals surface area (Å²) >= 11 is 0. The second kappa shape index (κ2) is 3.61. The molecule has 1 unspecified atom stereocenters. The first-order valence-corrected chi connectivity index (χ1v) is 4.45. The van der Waals surface area contributed by atoms with Gasteiger partial charge in [0.15, 0.2) is 0 Å². The molecule has 5 heteroatoms. The van der Waals surface area contributed by atoms with Gasteiger partial charge in [-0.25, -0.2) is 9.59 Å². The van der Waals surface area contributed by atoms with E-state index >= 15 is 0 Å². The lowest BCUT2D eigenvalue weighted by atomic mass is 10.0. The molecule has 15 heavy (non-hydrogen) atoms. The Bertz CT molecular complexity index is 416. The van der Waals surface area contributed by atoms with Crippen LogP contribution in [0.25, 0.3) is 0 Å². The number of carboxylic acid groups (broad SMARTS) is 1. The van der Waals surface area contributed by atoms with E-state index < -0.39 is 18.2 Å². The molecule has 2 rings (SSSR count). The van der Waals surface area contributed by atoms with Gasteiger partial charge >= 0.3 is 12.1 Å². The number of rotatable bonds is 2. The third-order valence-corrected chi connectivity index (χ3v) is 2.22. The summed E-state index contributed by atoms with van der Waals surface area (Å²) in [6.45, 7) is 0.309. The third-order valence-electron chi connectivity index (χ3n) is 2.22. The molecule has 1 aromatic carbocycles. The molecule has 1 saturated heterocycles. The highest BCUT2D eigenvalue weighted by Gasteiger charge is 2.27. The Morgan fingerprint density at radius 2 is 2.20 bits per heavy atom. The van der Waals surface area contributed by atoms with Crippen molar-refractivity contribution >= 4 is 12.1 Å². The fourth-order valence-electron chi connectivity index (χ4n) is 1.53. The number of ether oxygens (including phenoxy) is 1. The summed E-state index contributed by atoms with van der Waals surface area (Å²) in [5.74, 6) is -1.02. The Hall–Kier alpha value is -2.04. The molecular weight excluding hydrogens is 198 g/mol. The number of alkyl carbamates (subject to hydrolysis) is 1. The molecule has 1 amide bonds. The van der Waals surface area contributed by atoms with Crippen LogP contribution in [0.3, 0.4) is 0 Å². The number of carbonyl (C=O) groups is 2. The topological polar surface area (TPSA) is 75.6 Å². The smallest absolute Gasteiger partial charge is 0.407 e. The van der Waals surface area contributed by atoms with Crippen LogP contribution in [0, 0.1) is 0 Å². The summed E-state index contributed by atoms with van der Waals surface area (Å²) in [6, 6.07) is 6.49. The Labute approximate surface area is 85.7 Å². The monoisotopic (exact) mass is 207 g/mol. The fourth-order valence-corrected chi connectivity index (χ4v) is 1.53. The molecule has 5 nitrogen and oxygen atoms in total. The van der Waals surface area contributed by atoms with Gasteiger partial charge in [-0.05, 0) is 6.07 Å². The molecule has 1 atom stereocenters. The number of nitrogens with one attached hydrogen (secondary N) is 1. The minimum atomic E-state index is -1.02. The number of hydrogen-bond acceptors (Lipinski definition) is 3. The average Bonchev–Trinajstić information content (AvgIpc) is 2.65. The van der Waals surface area contributed by atoms with Crippen LogP contribution in [0.5, 0.6) is 0 Å². The van der Waals surface area contributed by atoms with Crippen molar-refractivity contribution in [2.24, 2.45) is 0 Å². The zero-order chi connectivity index (χ0) is 10.8. The molecule has 0 aliphatic carbocycles. The SMILES string of the molecule is O=C1NCC(c2ccccc2C(=O)O)O1. The first kappa shape index (κ1) is 9.51. The van der Waals surface area contributed by atoms with Crippen molar-refractivity contribution in [2.45, 2.75) is 6.10 Å². The number of benzene rings is 1. The lowest BCUT2D eigenvalue weighted by Crippen LogP contribution is -2.13. The van der Waals surface area contributed by atoms with E-state index in [2.05, 4.69) is 5.32 Å². The Balaban J connectivity index is 2.35. The zero-order valence-electron chi connectivity index (χ0n) is 7.77. The van der Waals surface area contributed by atoms with Crippen LogP contribution < -0.4 is 5.32 Å². The van der Waals surface area contributed by atoms with E-state index in [0.717, 1.165) is 0 Å². The van der Waals surface area contributed by atoms with E-state index in [4.69, 9.17) is 9.84 Å². The van der Waals surface area contributed by atoms with Gasteiger partial charge in [-0.2, -0.15) is 0 Å². The molecule has 1 fully saturated rings. The van der Waals surface area contributed by atoms with Crippen molar-refractivity contribution < 1.29 is 19.4 Å². The van der Waals surface area contributed by atoms with E-state index in [9.17, 15) is 9.59 Å². The standard InChI is InChI=1S/C10H9NO4/c12-9(13)7-4-2-1-3-6(7)8-5-11-10(14)15-8/h1-4,8H,5H2,(H,11,14)(H,12,13). The van der Waals surface area contributed by atoms with Gasteiger partial charge in [0.05, 0.1) is 12.1 Å². The van der Waals surface area contributed by atoms with E-state index in [1.54, 1.807) is 18.2 Å². The van der Waals surface area contributed by atoms with Gasteiger partial charge in [-0.15, -0.1) is 0 Å². The average molecular weight is 207 g/mol. The number of cyclic esters (lactones) is 1. The molecular formula is C10H9NO4. The first-order chi connectivity index (χ1) is 7.18. The highest BCUT2D eigenvalue weighted by Crippen LogP contribution is 2.24. The molecule has 2 N–H and O–H groups in total. The van der Waals surface area contributed by atoms with Gasteiger partial charge in [0.2, 0.25) is 0 Å². The molecule has 1 aromatic rings. The summed E-state index contributed by atoms with van der Waals surface area (Å²) in [5, 5.41) is 11.4. The van der Waals surface area contributed by atoms with Gasteiger partial charge < -0.3 is 15.2 Å². The molecule has 78 valence electrons. The predicted molar refractivity (Wildman–Crippen MR) is 50.6 cm³/mol. The van der Waals surface area contributed by atoms with Crippen molar-refractivity contribution in [3.05, 3.63) is 35.4 Å². The minimum absolute atomic E-state index is 0.166. The van der Waals surface area contributed by atoms with Crippen LogP contribution in [-0.2, 0) is 4.74 Å². The van der Waals surface area contributed by atoms with E-state index in [1.807, 2.05) is 0 Å². The van der Waals surface area contributed by atoms with Crippen LogP contribution >= 0.6 is 0 Å². The fraction of sp³-hybridized carbons (Fsp3) is 0.200. The summed E-state index contributed by atoms with van der Waals surface area (Å²) in [7, 11) is 0. The van der Waals surface area contributed by atoms with Crippen molar-refractivity contribution in [1.82, 2.24) is 5.32 Å². The van der Waals surface area contributed by atoms with Crippen molar-refractivity contribution in [1.29, 1.82) is 0 Å². The quantitative estimate of drug-likeness (QED) is 0.763. The Kier molecular flexibility index (Phi) is 2.29. The molecule has 1 aliphatic rings. The number of carbonyl (C=O) groups excluding carboxylic acids is 1. The largest absolute Gasteiger partial charge is 0.478 e. The molecule has 1 heterocycles. The second-order valence-electron chi connectivity index (χ2n) is 3.17. The van der Waals surface area contributed by atoms with Crippen molar-refractivity contribution in [2.75, 3.05) is 6.54 Å². The lowest BCUT2D eigenvalue weighted by molar-refractivity contribution is 0.0689. The predicted octanol–water partition coefficient (Wildman–Crippen LogP) is 1.17. The lowest BCUT2D eigenvalue weighted by Gasteiger charge is -2.10. The van der Waals surface area contributed by atoms with E-state index in [0.29, 0.717) is 12.1 Å². The number of aromatic carboxylic acids is 1. The second-order valence-corrected chi connectivity index (χ2v) is 3.17. The van der Waals surface area contributed by atoms with Gasteiger partial charge in [0.25, 0.3) is 0 Å². The number of amides is 1. The maximum atomic E-state index is 10.9. The highest BCUT2D eigenvalue weighted by atomic mass is 16.6. The van der Waals surface area contributed by atoms with Crippen LogP contribution in [0.15, 0.2) is 24.3 Å². The first-order valence-electron chi connectivity index (χ1n) is 4.45. The Morgan fingerprint density at radius 1 is 1.47 bits per heavy atom. The van der Waals surface area contributed by atoms with Crippen molar-refractivity contribution in [3.8, 4) is 0 Å². The Morgan fingerprint density at radius 3 is 2.80 bits per heavy atom. The maximum absolute atomic E-state index is 10.9.